The van der Waals surface area contributed by atoms with Crippen LogP contribution in [0.2, 0.25) is 0 Å². The van der Waals surface area contributed by atoms with Gasteiger partial charge in [0, 0.05) is 22.5 Å². The van der Waals surface area contributed by atoms with Gasteiger partial charge in [-0.2, -0.15) is 0 Å². The number of nitrogens with one attached hydrogen (secondary N) is 1. The van der Waals surface area contributed by atoms with Crippen LogP contribution in [0.3, 0.4) is 0 Å². The molecule has 5 nitrogen and oxygen atoms in total. The van der Waals surface area contributed by atoms with Crippen LogP contribution in [-0.4, -0.2) is 16.4 Å². The number of carbonyl (C=O) groups is 2. The second kappa shape index (κ2) is 5.68. The zero-order valence-corrected chi connectivity index (χ0v) is 13.6. The molecule has 3 rings (SSSR count). The maximum absolute atomic E-state index is 12.8. The molecule has 2 aromatic rings. The quantitative estimate of drug-likeness (QED) is 0.833. The van der Waals surface area contributed by atoms with Gasteiger partial charge < -0.3 is 4.57 Å². The van der Waals surface area contributed by atoms with Crippen molar-refractivity contribution in [1.82, 2.24) is 9.88 Å². The smallest absolute Gasteiger partial charge is 0.259 e. The molecule has 0 radical (unpaired) electrons. The summed E-state index contributed by atoms with van der Waals surface area (Å²) in [5.41, 5.74) is 0.801. The third-order valence-electron chi connectivity index (χ3n) is 4.01. The highest BCUT2D eigenvalue weighted by Crippen LogP contribution is 2.24. The molecule has 0 bridgehead atoms. The number of imide groups is 1. The Morgan fingerprint density at radius 3 is 2.73 bits per heavy atom. The van der Waals surface area contributed by atoms with Crippen LogP contribution in [0.4, 0.5) is 0 Å². The van der Waals surface area contributed by atoms with Crippen molar-refractivity contribution in [2.45, 2.75) is 32.2 Å². The first kappa shape index (κ1) is 15.0. The Morgan fingerprint density at radius 1 is 1.27 bits per heavy atom. The molecule has 22 heavy (non-hydrogen) atoms. The fourth-order valence-corrected chi connectivity index (χ4v) is 3.23. The fourth-order valence-electron chi connectivity index (χ4n) is 2.87. The van der Waals surface area contributed by atoms with Crippen LogP contribution in [0.15, 0.2) is 33.7 Å². The Labute approximate surface area is 135 Å². The van der Waals surface area contributed by atoms with E-state index in [-0.39, 0.29) is 17.9 Å². The molecule has 1 aliphatic heterocycles. The van der Waals surface area contributed by atoms with E-state index in [0.29, 0.717) is 11.8 Å². The minimum absolute atomic E-state index is 0.206. The Hall–Kier alpha value is -1.95. The van der Waals surface area contributed by atoms with Crippen LogP contribution in [0.5, 0.6) is 0 Å². The average molecular weight is 363 g/mol. The molecule has 1 aromatic heterocycles. The zero-order valence-electron chi connectivity index (χ0n) is 12.1. The largest absolute Gasteiger partial charge is 0.302 e. The molecule has 2 amide bonds. The first-order chi connectivity index (χ1) is 10.5. The van der Waals surface area contributed by atoms with E-state index in [0.717, 1.165) is 21.8 Å². The number of aryl methyl sites for hydroxylation is 1. The summed E-state index contributed by atoms with van der Waals surface area (Å²) in [7, 11) is 0. The lowest BCUT2D eigenvalue weighted by Gasteiger charge is -2.24. The van der Waals surface area contributed by atoms with E-state index in [1.165, 1.54) is 4.57 Å². The number of carbonyl (C=O) groups excluding carboxylic acids is 2. The van der Waals surface area contributed by atoms with E-state index in [1.54, 1.807) is 12.3 Å². The van der Waals surface area contributed by atoms with Crippen molar-refractivity contribution in [2.24, 2.45) is 0 Å². The minimum atomic E-state index is -0.626. The summed E-state index contributed by atoms with van der Waals surface area (Å²) in [5.74, 6) is -0.691. The maximum Gasteiger partial charge on any atom is 0.259 e. The van der Waals surface area contributed by atoms with E-state index in [9.17, 15) is 14.4 Å². The van der Waals surface area contributed by atoms with E-state index >= 15 is 0 Å². The van der Waals surface area contributed by atoms with Crippen LogP contribution in [0, 0.1) is 0 Å². The number of halogens is 1. The first-order valence-electron chi connectivity index (χ1n) is 7.18. The average Bonchev–Trinajstić information content (AvgIpc) is 2.49. The number of fused-ring (bicyclic) bond motifs is 1. The van der Waals surface area contributed by atoms with Crippen LogP contribution < -0.4 is 10.9 Å². The van der Waals surface area contributed by atoms with Crippen molar-refractivity contribution >= 4 is 38.5 Å². The van der Waals surface area contributed by atoms with Crippen molar-refractivity contribution in [1.29, 1.82) is 0 Å². The molecule has 1 atom stereocenters. The molecular weight excluding hydrogens is 348 g/mol. The predicted octanol–water partition coefficient (Wildman–Crippen LogP) is 2.30. The Balaban J connectivity index is 2.22. The van der Waals surface area contributed by atoms with E-state index < -0.39 is 11.9 Å². The molecular formula is C16H15BrN2O3. The van der Waals surface area contributed by atoms with Gasteiger partial charge in [-0.15, -0.1) is 0 Å². The number of rotatable bonds is 2. The summed E-state index contributed by atoms with van der Waals surface area (Å²) in [6.45, 7) is 2.01. The van der Waals surface area contributed by atoms with Crippen molar-refractivity contribution in [3.05, 3.63) is 44.8 Å². The Morgan fingerprint density at radius 2 is 2.05 bits per heavy atom. The van der Waals surface area contributed by atoms with Crippen molar-refractivity contribution in [2.75, 3.05) is 0 Å². The zero-order chi connectivity index (χ0) is 15.9. The van der Waals surface area contributed by atoms with Crippen molar-refractivity contribution < 1.29 is 9.59 Å². The molecule has 0 saturated carbocycles. The number of nitrogens with zero attached hydrogens (tertiary/aromatic N) is 1. The summed E-state index contributed by atoms with van der Waals surface area (Å²) < 4.78 is 2.29. The lowest BCUT2D eigenvalue weighted by Crippen LogP contribution is -2.44. The normalized spacial score (nSPS) is 18.5. The monoisotopic (exact) mass is 362 g/mol. The highest BCUT2D eigenvalue weighted by Gasteiger charge is 2.29. The van der Waals surface area contributed by atoms with Crippen molar-refractivity contribution in [3.8, 4) is 0 Å². The number of amides is 2. The van der Waals surface area contributed by atoms with E-state index in [4.69, 9.17) is 0 Å². The molecule has 0 spiro atoms. The minimum Gasteiger partial charge on any atom is -0.302 e. The molecule has 114 valence electrons. The molecule has 1 aliphatic rings. The maximum atomic E-state index is 12.8. The molecule has 1 saturated heterocycles. The number of piperidine rings is 1. The number of pyridine rings is 1. The van der Waals surface area contributed by atoms with Gasteiger partial charge in [-0.3, -0.25) is 19.7 Å². The summed E-state index contributed by atoms with van der Waals surface area (Å²) in [4.78, 5) is 36.1. The third kappa shape index (κ3) is 2.47. The highest BCUT2D eigenvalue weighted by molar-refractivity contribution is 9.10. The second-order valence-electron chi connectivity index (χ2n) is 5.38. The Bertz CT molecular complexity index is 841. The van der Waals surface area contributed by atoms with Gasteiger partial charge in [0.2, 0.25) is 11.8 Å². The highest BCUT2D eigenvalue weighted by atomic mass is 79.9. The van der Waals surface area contributed by atoms with Gasteiger partial charge in [-0.25, -0.2) is 0 Å². The van der Waals surface area contributed by atoms with E-state index in [1.807, 2.05) is 19.1 Å². The number of benzene rings is 1. The number of hydrogen-bond donors (Lipinski definition) is 1. The molecule has 1 unspecified atom stereocenters. The second-order valence-corrected chi connectivity index (χ2v) is 6.29. The summed E-state index contributed by atoms with van der Waals surface area (Å²) in [5, 5.41) is 3.79. The predicted molar refractivity (Wildman–Crippen MR) is 86.7 cm³/mol. The molecule has 6 heteroatoms. The fraction of sp³-hybridized carbons (Fsp3) is 0.312. The molecule has 1 fully saturated rings. The first-order valence-corrected chi connectivity index (χ1v) is 7.97. The van der Waals surface area contributed by atoms with E-state index in [2.05, 4.69) is 21.2 Å². The number of aromatic nitrogens is 1. The van der Waals surface area contributed by atoms with Gasteiger partial charge in [0.05, 0.1) is 0 Å². The standard InChI is InChI=1S/C16H15BrN2O3/c1-2-9-8-19(13-5-6-14(20)18-15(13)21)16(22)12-7-10(17)3-4-11(9)12/h3-4,7-8,13H,2,5-6H2,1H3,(H,18,20,21). The molecule has 1 aromatic carbocycles. The van der Waals surface area contributed by atoms with Gasteiger partial charge in [-0.05, 0) is 35.9 Å². The van der Waals surface area contributed by atoms with Crippen LogP contribution in [-0.2, 0) is 16.0 Å². The molecule has 2 heterocycles. The molecule has 1 N–H and O–H groups in total. The topological polar surface area (TPSA) is 68.2 Å². The van der Waals surface area contributed by atoms with Gasteiger partial charge in [-0.1, -0.05) is 28.9 Å². The van der Waals surface area contributed by atoms with Crippen LogP contribution in [0.1, 0.15) is 31.4 Å². The third-order valence-corrected chi connectivity index (χ3v) is 4.51. The summed E-state index contributed by atoms with van der Waals surface area (Å²) >= 11 is 3.38. The summed E-state index contributed by atoms with van der Waals surface area (Å²) in [6, 6.07) is 4.96. The van der Waals surface area contributed by atoms with Gasteiger partial charge in [0.25, 0.3) is 5.56 Å². The van der Waals surface area contributed by atoms with Crippen LogP contribution in [0.25, 0.3) is 10.8 Å². The van der Waals surface area contributed by atoms with Crippen molar-refractivity contribution in [3.63, 3.8) is 0 Å². The van der Waals surface area contributed by atoms with Gasteiger partial charge >= 0.3 is 0 Å². The lowest BCUT2D eigenvalue weighted by molar-refractivity contribution is -0.135. The SMILES string of the molecule is CCc1cn(C2CCC(=O)NC2=O)c(=O)c2cc(Br)ccc12. The lowest BCUT2D eigenvalue weighted by atomic mass is 10.0. The molecule has 0 aliphatic carbocycles. The number of hydrogen-bond acceptors (Lipinski definition) is 3. The van der Waals surface area contributed by atoms with Gasteiger partial charge in [0.1, 0.15) is 6.04 Å². The van der Waals surface area contributed by atoms with Gasteiger partial charge in [0.15, 0.2) is 0 Å². The Kier molecular flexibility index (Phi) is 3.87. The summed E-state index contributed by atoms with van der Waals surface area (Å²) in [6.07, 6.45) is 3.11. The van der Waals surface area contributed by atoms with Crippen LogP contribution >= 0.6 is 15.9 Å².